The molecule has 17 heavy (non-hydrogen) atoms. The Balaban J connectivity index is 2.89. The predicted octanol–water partition coefficient (Wildman–Crippen LogP) is -0.786. The van der Waals surface area contributed by atoms with Crippen LogP contribution in [0.3, 0.4) is 0 Å². The monoisotopic (exact) mass is 263 g/mol. The van der Waals surface area contributed by atoms with E-state index in [9.17, 15) is 13.2 Å². The number of carbonyl (C=O) groups is 1. The third-order valence-electron chi connectivity index (χ3n) is 2.17. The van der Waals surface area contributed by atoms with Crippen LogP contribution in [-0.2, 0) is 21.3 Å². The second-order valence-electron chi connectivity index (χ2n) is 3.71. The Morgan fingerprint density at radius 3 is 2.53 bits per heavy atom. The molecule has 3 N–H and O–H groups in total. The lowest BCUT2D eigenvalue weighted by molar-refractivity contribution is -0.142. The van der Waals surface area contributed by atoms with Crippen molar-refractivity contribution in [3.8, 4) is 0 Å². The molecule has 0 aliphatic carbocycles. The normalized spacial score (nSPS) is 13.9. The van der Waals surface area contributed by atoms with E-state index in [0.717, 1.165) is 0 Å². The largest absolute Gasteiger partial charge is 0.480 e. The standard InChI is InChI=1S/C8H13N3O5S/c1-11(2)6(7(12)13)3-5-4-9-8(10-5)17(14,15)16/h4,6H,3H2,1-2H3,(H,9,10)(H,12,13)(H,14,15,16)/t6-/m0/s1. The molecule has 0 unspecified atom stereocenters. The molecule has 0 amide bonds. The van der Waals surface area contributed by atoms with Crippen LogP contribution < -0.4 is 0 Å². The third-order valence-corrected chi connectivity index (χ3v) is 2.87. The van der Waals surface area contributed by atoms with Crippen LogP contribution in [0.25, 0.3) is 0 Å². The van der Waals surface area contributed by atoms with Gasteiger partial charge in [-0.15, -0.1) is 0 Å². The molecule has 0 fully saturated rings. The summed E-state index contributed by atoms with van der Waals surface area (Å²) in [5.41, 5.74) is 0.318. The summed E-state index contributed by atoms with van der Waals surface area (Å²) >= 11 is 0. The number of aliphatic carboxylic acids is 1. The Hall–Kier alpha value is -1.45. The lowest BCUT2D eigenvalue weighted by Crippen LogP contribution is -2.37. The van der Waals surface area contributed by atoms with Crippen LogP contribution in [0.4, 0.5) is 0 Å². The molecule has 96 valence electrons. The number of likely N-dealkylation sites (N-methyl/N-ethyl adjacent to an activating group) is 1. The molecular formula is C8H13N3O5S. The number of carboxylic acids is 1. The molecule has 0 saturated heterocycles. The number of nitrogens with one attached hydrogen (secondary N) is 1. The van der Waals surface area contributed by atoms with Crippen molar-refractivity contribution >= 4 is 16.1 Å². The molecule has 8 nitrogen and oxygen atoms in total. The summed E-state index contributed by atoms with van der Waals surface area (Å²) in [5, 5.41) is 8.34. The Morgan fingerprint density at radius 1 is 1.59 bits per heavy atom. The van der Waals surface area contributed by atoms with Gasteiger partial charge in [0.05, 0.1) is 0 Å². The number of aromatic amines is 1. The first-order valence-corrected chi connectivity index (χ1v) is 6.06. The second kappa shape index (κ2) is 4.82. The summed E-state index contributed by atoms with van der Waals surface area (Å²) in [6, 6.07) is -0.801. The molecule has 1 atom stereocenters. The third kappa shape index (κ3) is 3.51. The van der Waals surface area contributed by atoms with Gasteiger partial charge >= 0.3 is 16.1 Å². The van der Waals surface area contributed by atoms with E-state index in [2.05, 4.69) is 9.97 Å². The summed E-state index contributed by atoms with van der Waals surface area (Å²) in [4.78, 5) is 18.2. The van der Waals surface area contributed by atoms with Crippen molar-refractivity contribution in [1.29, 1.82) is 0 Å². The van der Waals surface area contributed by atoms with Gasteiger partial charge in [-0.3, -0.25) is 14.2 Å². The highest BCUT2D eigenvalue weighted by Crippen LogP contribution is 2.08. The molecule has 9 heteroatoms. The first-order valence-electron chi connectivity index (χ1n) is 4.62. The molecular weight excluding hydrogens is 250 g/mol. The average molecular weight is 263 g/mol. The van der Waals surface area contributed by atoms with Gasteiger partial charge in [0.2, 0.25) is 0 Å². The maximum absolute atomic E-state index is 10.9. The Bertz CT molecular complexity index is 507. The molecule has 0 saturated carbocycles. The van der Waals surface area contributed by atoms with Gasteiger partial charge in [-0.2, -0.15) is 8.42 Å². The molecule has 0 radical (unpaired) electrons. The minimum Gasteiger partial charge on any atom is -0.480 e. The zero-order valence-corrected chi connectivity index (χ0v) is 10.1. The number of hydrogen-bond acceptors (Lipinski definition) is 5. The van der Waals surface area contributed by atoms with E-state index >= 15 is 0 Å². The first-order chi connectivity index (χ1) is 7.71. The van der Waals surface area contributed by atoms with E-state index in [-0.39, 0.29) is 6.42 Å². The fourth-order valence-corrected chi connectivity index (χ4v) is 1.72. The average Bonchev–Trinajstić information content (AvgIpc) is 2.60. The highest BCUT2D eigenvalue weighted by atomic mass is 32.2. The maximum Gasteiger partial charge on any atom is 0.328 e. The minimum atomic E-state index is -4.39. The summed E-state index contributed by atoms with van der Waals surface area (Å²) in [7, 11) is -1.19. The zero-order chi connectivity index (χ0) is 13.2. The van der Waals surface area contributed by atoms with E-state index in [0.29, 0.717) is 5.69 Å². The summed E-state index contributed by atoms with van der Waals surface area (Å²) < 4.78 is 30.2. The summed E-state index contributed by atoms with van der Waals surface area (Å²) in [5.74, 6) is -1.03. The van der Waals surface area contributed by atoms with Crippen molar-refractivity contribution in [3.05, 3.63) is 11.9 Å². The predicted molar refractivity (Wildman–Crippen MR) is 57.2 cm³/mol. The van der Waals surface area contributed by atoms with Gasteiger partial charge < -0.3 is 10.1 Å². The summed E-state index contributed by atoms with van der Waals surface area (Å²) in [6.45, 7) is 0. The van der Waals surface area contributed by atoms with Crippen LogP contribution in [0.2, 0.25) is 0 Å². The van der Waals surface area contributed by atoms with Gasteiger partial charge in [-0.05, 0) is 14.1 Å². The van der Waals surface area contributed by atoms with Crippen molar-refractivity contribution in [2.45, 2.75) is 17.6 Å². The van der Waals surface area contributed by atoms with Crippen molar-refractivity contribution in [3.63, 3.8) is 0 Å². The fraction of sp³-hybridized carbons (Fsp3) is 0.500. The van der Waals surface area contributed by atoms with Crippen LogP contribution >= 0.6 is 0 Å². The molecule has 1 aromatic heterocycles. The molecule has 0 bridgehead atoms. The van der Waals surface area contributed by atoms with Gasteiger partial charge in [-0.25, -0.2) is 4.98 Å². The molecule has 0 aromatic carbocycles. The van der Waals surface area contributed by atoms with Gasteiger partial charge in [0, 0.05) is 18.3 Å². The molecule has 1 aromatic rings. The van der Waals surface area contributed by atoms with Crippen LogP contribution in [0, 0.1) is 0 Å². The van der Waals surface area contributed by atoms with Crippen molar-refractivity contribution in [2.24, 2.45) is 0 Å². The van der Waals surface area contributed by atoms with E-state index in [4.69, 9.17) is 9.66 Å². The lowest BCUT2D eigenvalue weighted by Gasteiger charge is -2.18. The minimum absolute atomic E-state index is 0.0604. The number of imidazole rings is 1. The van der Waals surface area contributed by atoms with Crippen LogP contribution in [0.1, 0.15) is 5.69 Å². The number of aromatic nitrogens is 2. The van der Waals surface area contributed by atoms with E-state index in [1.54, 1.807) is 14.1 Å². The van der Waals surface area contributed by atoms with Crippen LogP contribution in [0.5, 0.6) is 0 Å². The van der Waals surface area contributed by atoms with Crippen molar-refractivity contribution < 1.29 is 22.9 Å². The number of rotatable bonds is 5. The van der Waals surface area contributed by atoms with Gasteiger partial charge in [0.25, 0.3) is 5.16 Å². The van der Waals surface area contributed by atoms with Gasteiger partial charge in [-0.1, -0.05) is 0 Å². The number of hydrogen-bond donors (Lipinski definition) is 3. The molecule has 0 spiro atoms. The molecule has 1 rings (SSSR count). The highest BCUT2D eigenvalue weighted by Gasteiger charge is 2.22. The van der Waals surface area contributed by atoms with Crippen molar-refractivity contribution in [2.75, 3.05) is 14.1 Å². The van der Waals surface area contributed by atoms with Gasteiger partial charge in [0.1, 0.15) is 6.04 Å². The number of nitrogens with zero attached hydrogens (tertiary/aromatic N) is 2. The SMILES string of the molecule is CN(C)[C@@H](Cc1cnc(S(=O)(=O)O)[nH]1)C(=O)O. The van der Waals surface area contributed by atoms with Crippen LogP contribution in [-0.4, -0.2) is 59.1 Å². The number of carboxylic acid groups (broad SMARTS) is 1. The number of H-pyrrole nitrogens is 1. The molecule has 0 aliphatic rings. The smallest absolute Gasteiger partial charge is 0.328 e. The first kappa shape index (κ1) is 13.6. The topological polar surface area (TPSA) is 124 Å². The second-order valence-corrected chi connectivity index (χ2v) is 5.05. The molecule has 1 heterocycles. The Morgan fingerprint density at radius 2 is 2.18 bits per heavy atom. The fourth-order valence-electron chi connectivity index (χ4n) is 1.27. The molecule has 0 aliphatic heterocycles. The summed E-state index contributed by atoms with van der Waals surface area (Å²) in [6.07, 6.45) is 1.24. The Kier molecular flexibility index (Phi) is 3.86. The van der Waals surface area contributed by atoms with Gasteiger partial charge in [0.15, 0.2) is 0 Å². The van der Waals surface area contributed by atoms with Crippen LogP contribution in [0.15, 0.2) is 11.4 Å². The van der Waals surface area contributed by atoms with E-state index < -0.39 is 27.3 Å². The lowest BCUT2D eigenvalue weighted by atomic mass is 10.1. The zero-order valence-electron chi connectivity index (χ0n) is 9.28. The quantitative estimate of drug-likeness (QED) is 0.595. The highest BCUT2D eigenvalue weighted by molar-refractivity contribution is 7.85. The van der Waals surface area contributed by atoms with E-state index in [1.807, 2.05) is 0 Å². The maximum atomic E-state index is 10.9. The van der Waals surface area contributed by atoms with E-state index in [1.165, 1.54) is 11.1 Å². The van der Waals surface area contributed by atoms with Crippen molar-refractivity contribution in [1.82, 2.24) is 14.9 Å². The Labute approximate surface area is 98.0 Å².